The Bertz CT molecular complexity index is 382. The standard InChI is InChI=1S/C5H5N5O4/c6-4-2(9(11)12)1-3(10(13)14)5(7)8-4/h1H,(H4,6,7,8)/p+1. The summed E-state index contributed by atoms with van der Waals surface area (Å²) in [5.74, 6) is -0.642. The highest BCUT2D eigenvalue weighted by Crippen LogP contribution is 2.25. The zero-order valence-electron chi connectivity index (χ0n) is 6.76. The van der Waals surface area contributed by atoms with Crippen LogP contribution >= 0.6 is 0 Å². The molecular formula is C5H6N5O4+. The van der Waals surface area contributed by atoms with E-state index in [9.17, 15) is 20.2 Å². The van der Waals surface area contributed by atoms with Crippen LogP contribution in [-0.2, 0) is 0 Å². The summed E-state index contributed by atoms with van der Waals surface area (Å²) in [7, 11) is 0. The van der Waals surface area contributed by atoms with Gasteiger partial charge in [-0.1, -0.05) is 0 Å². The number of nitro groups is 2. The van der Waals surface area contributed by atoms with E-state index in [1.54, 1.807) is 0 Å². The lowest BCUT2D eigenvalue weighted by Crippen LogP contribution is -2.19. The van der Waals surface area contributed by atoms with Gasteiger partial charge >= 0.3 is 11.4 Å². The van der Waals surface area contributed by atoms with Crippen molar-refractivity contribution in [3.8, 4) is 0 Å². The van der Waals surface area contributed by atoms with E-state index < -0.39 is 21.2 Å². The predicted molar refractivity (Wildman–Crippen MR) is 45.1 cm³/mol. The molecule has 9 heteroatoms. The summed E-state index contributed by atoms with van der Waals surface area (Å²) < 4.78 is 0. The number of nitrogens with zero attached hydrogens (tertiary/aromatic N) is 2. The molecule has 1 aromatic heterocycles. The molecule has 0 spiro atoms. The molecule has 0 radical (unpaired) electrons. The number of anilines is 2. The highest BCUT2D eigenvalue weighted by atomic mass is 16.6. The monoisotopic (exact) mass is 200 g/mol. The SMILES string of the molecule is Nc1[nH+]c(N)c([N+](=O)[O-])cc1[N+](=O)[O-]. The van der Waals surface area contributed by atoms with Gasteiger partial charge in [0, 0.05) is 0 Å². The van der Waals surface area contributed by atoms with E-state index in [4.69, 9.17) is 11.5 Å². The van der Waals surface area contributed by atoms with Crippen LogP contribution in [0.25, 0.3) is 0 Å². The minimum absolute atomic E-state index is 0.321. The lowest BCUT2D eigenvalue weighted by Gasteiger charge is -1.95. The van der Waals surface area contributed by atoms with E-state index in [1.807, 2.05) is 0 Å². The molecule has 1 heterocycles. The van der Waals surface area contributed by atoms with E-state index in [0.29, 0.717) is 6.07 Å². The fourth-order valence-corrected chi connectivity index (χ4v) is 0.860. The number of pyridine rings is 1. The summed E-state index contributed by atoms with van der Waals surface area (Å²) in [6.45, 7) is 0. The Balaban J connectivity index is 3.42. The van der Waals surface area contributed by atoms with Gasteiger partial charge in [-0.2, -0.15) is 0 Å². The first-order valence-corrected chi connectivity index (χ1v) is 3.33. The molecule has 74 valence electrons. The van der Waals surface area contributed by atoms with Gasteiger partial charge in [-0.25, -0.2) is 4.98 Å². The zero-order valence-corrected chi connectivity index (χ0v) is 6.76. The van der Waals surface area contributed by atoms with Gasteiger partial charge in [0.1, 0.15) is 6.07 Å². The Morgan fingerprint density at radius 3 is 1.71 bits per heavy atom. The highest BCUT2D eigenvalue weighted by molar-refractivity contribution is 5.60. The molecule has 5 N–H and O–H groups in total. The van der Waals surface area contributed by atoms with Crippen molar-refractivity contribution in [3.63, 3.8) is 0 Å². The number of nitrogen functional groups attached to an aromatic ring is 2. The molecule has 1 aromatic rings. The van der Waals surface area contributed by atoms with Crippen LogP contribution in [0, 0.1) is 20.2 Å². The van der Waals surface area contributed by atoms with Crippen LogP contribution in [-0.4, -0.2) is 9.85 Å². The average molecular weight is 200 g/mol. The number of aromatic amines is 1. The lowest BCUT2D eigenvalue weighted by atomic mass is 10.3. The molecule has 0 saturated carbocycles. The van der Waals surface area contributed by atoms with Gasteiger partial charge in [0.15, 0.2) is 0 Å². The quantitative estimate of drug-likeness (QED) is 0.483. The number of H-pyrrole nitrogens is 1. The van der Waals surface area contributed by atoms with Crippen molar-refractivity contribution in [3.05, 3.63) is 26.3 Å². The van der Waals surface area contributed by atoms with Crippen LogP contribution < -0.4 is 16.5 Å². The van der Waals surface area contributed by atoms with E-state index in [-0.39, 0.29) is 11.6 Å². The summed E-state index contributed by atoms with van der Waals surface area (Å²) >= 11 is 0. The Kier molecular flexibility index (Phi) is 2.15. The maximum atomic E-state index is 10.4. The Hall–Kier alpha value is -2.45. The third-order valence-corrected chi connectivity index (χ3v) is 1.49. The van der Waals surface area contributed by atoms with Crippen LogP contribution in [0.2, 0.25) is 0 Å². The molecule has 14 heavy (non-hydrogen) atoms. The molecule has 0 bridgehead atoms. The topological polar surface area (TPSA) is 152 Å². The minimum atomic E-state index is -0.835. The maximum Gasteiger partial charge on any atom is 0.347 e. The first kappa shape index (κ1) is 9.64. The normalized spacial score (nSPS) is 9.71. The molecule has 0 amide bonds. The third-order valence-electron chi connectivity index (χ3n) is 1.49. The number of aromatic nitrogens is 1. The number of hydrogen-bond donors (Lipinski definition) is 2. The molecule has 0 saturated heterocycles. The molecule has 0 atom stereocenters. The Morgan fingerprint density at radius 1 is 1.07 bits per heavy atom. The van der Waals surface area contributed by atoms with Gasteiger partial charge in [0.05, 0.1) is 9.85 Å². The van der Waals surface area contributed by atoms with E-state index in [2.05, 4.69) is 4.98 Å². The van der Waals surface area contributed by atoms with Crippen LogP contribution in [0.1, 0.15) is 0 Å². The fraction of sp³-hybridized carbons (Fsp3) is 0. The summed E-state index contributed by atoms with van der Waals surface area (Å²) in [5, 5.41) is 20.7. The van der Waals surface area contributed by atoms with Gasteiger partial charge in [-0.05, 0) is 0 Å². The second-order valence-corrected chi connectivity index (χ2v) is 2.38. The first-order chi connectivity index (χ1) is 6.43. The Morgan fingerprint density at radius 2 is 1.43 bits per heavy atom. The van der Waals surface area contributed by atoms with E-state index >= 15 is 0 Å². The van der Waals surface area contributed by atoms with Crippen molar-refractivity contribution >= 4 is 23.0 Å². The number of hydrogen-bond acceptors (Lipinski definition) is 6. The largest absolute Gasteiger partial charge is 0.347 e. The fourth-order valence-electron chi connectivity index (χ4n) is 0.860. The highest BCUT2D eigenvalue weighted by Gasteiger charge is 2.26. The van der Waals surface area contributed by atoms with Gasteiger partial charge in [-0.15, -0.1) is 0 Å². The van der Waals surface area contributed by atoms with Crippen molar-refractivity contribution in [1.82, 2.24) is 0 Å². The van der Waals surface area contributed by atoms with Crippen molar-refractivity contribution in [2.24, 2.45) is 0 Å². The van der Waals surface area contributed by atoms with Crippen LogP contribution in [0.3, 0.4) is 0 Å². The summed E-state index contributed by atoms with van der Waals surface area (Å²) in [6.07, 6.45) is 0. The summed E-state index contributed by atoms with van der Waals surface area (Å²) in [6, 6.07) is 0.709. The second kappa shape index (κ2) is 3.12. The minimum Gasteiger partial charge on any atom is -0.313 e. The molecule has 1 rings (SSSR count). The van der Waals surface area contributed by atoms with Crippen LogP contribution in [0.4, 0.5) is 23.0 Å². The lowest BCUT2D eigenvalue weighted by molar-refractivity contribution is -0.422. The summed E-state index contributed by atoms with van der Waals surface area (Å²) in [4.78, 5) is 21.2. The predicted octanol–water partition coefficient (Wildman–Crippen LogP) is -0.519. The van der Waals surface area contributed by atoms with Gasteiger partial charge in [-0.3, -0.25) is 20.2 Å². The van der Waals surface area contributed by atoms with Crippen LogP contribution in [0.5, 0.6) is 0 Å². The number of nitrogens with two attached hydrogens (primary N) is 2. The van der Waals surface area contributed by atoms with Crippen molar-refractivity contribution in [1.29, 1.82) is 0 Å². The molecule has 0 aliphatic heterocycles. The number of nitrogens with one attached hydrogen (secondary N) is 1. The molecule has 0 aromatic carbocycles. The van der Waals surface area contributed by atoms with Crippen molar-refractivity contribution < 1.29 is 14.8 Å². The maximum absolute atomic E-state index is 10.4. The van der Waals surface area contributed by atoms with Crippen LogP contribution in [0.15, 0.2) is 6.07 Å². The van der Waals surface area contributed by atoms with Gasteiger partial charge in [0.2, 0.25) is 0 Å². The molecule has 0 unspecified atom stereocenters. The third kappa shape index (κ3) is 1.50. The molecule has 0 aliphatic carbocycles. The smallest absolute Gasteiger partial charge is 0.313 e. The molecule has 9 nitrogen and oxygen atoms in total. The molecule has 0 aliphatic rings. The second-order valence-electron chi connectivity index (χ2n) is 2.38. The Labute approximate surface area is 76.6 Å². The van der Waals surface area contributed by atoms with E-state index in [1.165, 1.54) is 0 Å². The molecular weight excluding hydrogens is 194 g/mol. The van der Waals surface area contributed by atoms with Crippen molar-refractivity contribution in [2.75, 3.05) is 11.5 Å². The molecule has 0 fully saturated rings. The first-order valence-electron chi connectivity index (χ1n) is 3.33. The average Bonchev–Trinajstić information content (AvgIpc) is 2.02. The van der Waals surface area contributed by atoms with Crippen molar-refractivity contribution in [2.45, 2.75) is 0 Å². The van der Waals surface area contributed by atoms with E-state index in [0.717, 1.165) is 0 Å². The van der Waals surface area contributed by atoms with Gasteiger partial charge in [0.25, 0.3) is 11.6 Å². The zero-order chi connectivity index (χ0) is 10.9. The van der Waals surface area contributed by atoms with Gasteiger partial charge < -0.3 is 11.5 Å². The number of rotatable bonds is 2. The summed E-state index contributed by atoms with van der Waals surface area (Å²) in [5.41, 5.74) is 9.23.